The summed E-state index contributed by atoms with van der Waals surface area (Å²) in [5.74, 6) is -0.534. The number of rotatable bonds is 5. The van der Waals surface area contributed by atoms with Gasteiger partial charge < -0.3 is 10.1 Å². The molecule has 0 fully saturated rings. The summed E-state index contributed by atoms with van der Waals surface area (Å²) in [7, 11) is 0. The summed E-state index contributed by atoms with van der Waals surface area (Å²) in [4.78, 5) is 22.6. The molecule has 0 bridgehead atoms. The Bertz CT molecular complexity index is 790. The number of nitro benzene ring substituents is 1. The van der Waals surface area contributed by atoms with E-state index in [2.05, 4.69) is 10.4 Å². The largest absolute Gasteiger partial charge is 0.376 e. The summed E-state index contributed by atoms with van der Waals surface area (Å²) in [5.41, 5.74) is 1.83. The molecule has 1 N–H and O–H groups in total. The lowest BCUT2D eigenvalue weighted by molar-refractivity contribution is -0.385. The van der Waals surface area contributed by atoms with Gasteiger partial charge >= 0.3 is 0 Å². The number of carbonyl (C=O) groups excluding carboxylic acids is 1. The third-order valence-corrected chi connectivity index (χ3v) is 4.02. The van der Waals surface area contributed by atoms with E-state index in [-0.39, 0.29) is 16.3 Å². The van der Waals surface area contributed by atoms with Gasteiger partial charge in [0.15, 0.2) is 0 Å². The van der Waals surface area contributed by atoms with Crippen LogP contribution in [0.4, 0.5) is 5.69 Å². The van der Waals surface area contributed by atoms with Crippen LogP contribution in [0.2, 0.25) is 5.02 Å². The highest BCUT2D eigenvalue weighted by Crippen LogP contribution is 2.22. The van der Waals surface area contributed by atoms with E-state index in [0.29, 0.717) is 26.3 Å². The number of nitro groups is 1. The van der Waals surface area contributed by atoms with Gasteiger partial charge in [0, 0.05) is 35.3 Å². The number of ether oxygens (including phenoxy) is 1. The first kappa shape index (κ1) is 16.4. The minimum Gasteiger partial charge on any atom is -0.376 e. The van der Waals surface area contributed by atoms with Crippen LogP contribution in [0.25, 0.3) is 0 Å². The molecule has 1 aliphatic heterocycles. The van der Waals surface area contributed by atoms with Crippen molar-refractivity contribution >= 4 is 23.2 Å². The van der Waals surface area contributed by atoms with E-state index in [1.165, 1.54) is 18.2 Å². The normalized spacial score (nSPS) is 13.4. The second kappa shape index (κ2) is 6.98. The lowest BCUT2D eigenvalue weighted by Crippen LogP contribution is -2.29. The molecule has 0 saturated heterocycles. The molecule has 0 aliphatic carbocycles. The predicted octanol–water partition coefficient (Wildman–Crippen LogP) is 1.95. The third-order valence-electron chi connectivity index (χ3n) is 3.79. The summed E-state index contributed by atoms with van der Waals surface area (Å²) < 4.78 is 7.18. The van der Waals surface area contributed by atoms with Crippen LogP contribution in [0, 0.1) is 10.1 Å². The zero-order valence-electron chi connectivity index (χ0n) is 12.7. The fourth-order valence-corrected chi connectivity index (χ4v) is 2.80. The van der Waals surface area contributed by atoms with E-state index in [9.17, 15) is 14.9 Å². The zero-order chi connectivity index (χ0) is 17.1. The molecular formula is C15H15ClN4O4. The SMILES string of the molecule is O=C(NCCn1ncc2c1CCOC2)c1cc(Cl)ccc1[N+](=O)[O-]. The van der Waals surface area contributed by atoms with Crippen molar-refractivity contribution in [2.45, 2.75) is 19.6 Å². The van der Waals surface area contributed by atoms with Crippen molar-refractivity contribution in [2.24, 2.45) is 0 Å². The minimum atomic E-state index is -0.602. The van der Waals surface area contributed by atoms with Gasteiger partial charge in [-0.2, -0.15) is 5.10 Å². The Morgan fingerprint density at radius 3 is 3.12 bits per heavy atom. The Hall–Kier alpha value is -2.45. The lowest BCUT2D eigenvalue weighted by Gasteiger charge is -2.14. The molecule has 8 nitrogen and oxygen atoms in total. The number of aromatic nitrogens is 2. The van der Waals surface area contributed by atoms with Crippen molar-refractivity contribution in [3.8, 4) is 0 Å². The molecule has 3 rings (SSSR count). The molecule has 1 aromatic carbocycles. The Morgan fingerprint density at radius 1 is 1.50 bits per heavy atom. The monoisotopic (exact) mass is 350 g/mol. The number of hydrogen-bond donors (Lipinski definition) is 1. The zero-order valence-corrected chi connectivity index (χ0v) is 13.5. The van der Waals surface area contributed by atoms with Crippen LogP contribution in [0.5, 0.6) is 0 Å². The topological polar surface area (TPSA) is 99.3 Å². The van der Waals surface area contributed by atoms with Gasteiger partial charge in [-0.1, -0.05) is 11.6 Å². The maximum Gasteiger partial charge on any atom is 0.282 e. The van der Waals surface area contributed by atoms with E-state index in [1.807, 2.05) is 4.68 Å². The number of benzene rings is 1. The molecule has 1 aromatic heterocycles. The minimum absolute atomic E-state index is 0.0524. The Labute approximate surface area is 142 Å². The predicted molar refractivity (Wildman–Crippen MR) is 86.0 cm³/mol. The first-order valence-electron chi connectivity index (χ1n) is 7.39. The van der Waals surface area contributed by atoms with Gasteiger partial charge in [-0.25, -0.2) is 0 Å². The summed E-state index contributed by atoms with van der Waals surface area (Å²) in [6.07, 6.45) is 2.54. The van der Waals surface area contributed by atoms with Crippen molar-refractivity contribution in [2.75, 3.05) is 13.2 Å². The average Bonchev–Trinajstić information content (AvgIpc) is 2.98. The number of amides is 1. The van der Waals surface area contributed by atoms with Crippen LogP contribution in [0.1, 0.15) is 21.6 Å². The number of hydrogen-bond acceptors (Lipinski definition) is 5. The van der Waals surface area contributed by atoms with E-state index >= 15 is 0 Å². The number of carbonyl (C=O) groups is 1. The van der Waals surface area contributed by atoms with Gasteiger partial charge in [0.05, 0.1) is 30.9 Å². The van der Waals surface area contributed by atoms with Crippen molar-refractivity contribution in [1.29, 1.82) is 0 Å². The maximum absolute atomic E-state index is 12.2. The highest BCUT2D eigenvalue weighted by Gasteiger charge is 2.20. The van der Waals surface area contributed by atoms with Gasteiger partial charge in [0.2, 0.25) is 0 Å². The highest BCUT2D eigenvalue weighted by molar-refractivity contribution is 6.31. The molecule has 24 heavy (non-hydrogen) atoms. The molecule has 0 unspecified atom stereocenters. The van der Waals surface area contributed by atoms with Crippen molar-refractivity contribution in [3.05, 3.63) is 56.4 Å². The van der Waals surface area contributed by atoms with E-state index in [1.54, 1.807) is 6.20 Å². The summed E-state index contributed by atoms with van der Waals surface area (Å²) in [6, 6.07) is 3.90. The first-order chi connectivity index (χ1) is 11.6. The van der Waals surface area contributed by atoms with Crippen molar-refractivity contribution in [1.82, 2.24) is 15.1 Å². The first-order valence-corrected chi connectivity index (χ1v) is 7.77. The van der Waals surface area contributed by atoms with E-state index < -0.39 is 10.8 Å². The van der Waals surface area contributed by atoms with Crippen LogP contribution in [0.3, 0.4) is 0 Å². The number of nitrogens with one attached hydrogen (secondary N) is 1. The second-order valence-corrected chi connectivity index (χ2v) is 5.75. The Balaban J connectivity index is 1.65. The van der Waals surface area contributed by atoms with Gasteiger partial charge in [-0.15, -0.1) is 0 Å². The smallest absolute Gasteiger partial charge is 0.282 e. The van der Waals surface area contributed by atoms with E-state index in [4.69, 9.17) is 16.3 Å². The molecular weight excluding hydrogens is 336 g/mol. The fourth-order valence-electron chi connectivity index (χ4n) is 2.62. The summed E-state index contributed by atoms with van der Waals surface area (Å²) in [5, 5.41) is 18.2. The highest BCUT2D eigenvalue weighted by atomic mass is 35.5. The summed E-state index contributed by atoms with van der Waals surface area (Å²) >= 11 is 5.83. The maximum atomic E-state index is 12.2. The number of halogens is 1. The molecule has 0 spiro atoms. The van der Waals surface area contributed by atoms with Gasteiger partial charge in [0.1, 0.15) is 5.56 Å². The standard InChI is InChI=1S/C15H15ClN4O4/c16-11-1-2-14(20(22)23)12(7-11)15(21)17-4-5-19-13-3-6-24-9-10(13)8-18-19/h1-2,7-8H,3-6,9H2,(H,17,21). The number of nitrogens with zero attached hydrogens (tertiary/aromatic N) is 3. The van der Waals surface area contributed by atoms with E-state index in [0.717, 1.165) is 17.7 Å². The second-order valence-electron chi connectivity index (χ2n) is 5.32. The quantitative estimate of drug-likeness (QED) is 0.656. The summed E-state index contributed by atoms with van der Waals surface area (Å²) in [6.45, 7) is 1.99. The lowest BCUT2D eigenvalue weighted by atomic mass is 10.1. The van der Waals surface area contributed by atoms with Crippen LogP contribution in [-0.4, -0.2) is 33.8 Å². The van der Waals surface area contributed by atoms with Gasteiger partial charge in [-0.3, -0.25) is 19.6 Å². The molecule has 0 atom stereocenters. The molecule has 2 aromatic rings. The molecule has 1 aliphatic rings. The molecule has 1 amide bonds. The average molecular weight is 351 g/mol. The Morgan fingerprint density at radius 2 is 2.33 bits per heavy atom. The molecule has 0 saturated carbocycles. The molecule has 0 radical (unpaired) electrons. The fraction of sp³-hybridized carbons (Fsp3) is 0.333. The van der Waals surface area contributed by atoms with Crippen LogP contribution < -0.4 is 5.32 Å². The molecule has 126 valence electrons. The van der Waals surface area contributed by atoms with Crippen LogP contribution >= 0.6 is 11.6 Å². The molecule has 2 heterocycles. The third kappa shape index (κ3) is 3.39. The van der Waals surface area contributed by atoms with Crippen LogP contribution in [0.15, 0.2) is 24.4 Å². The van der Waals surface area contributed by atoms with Crippen molar-refractivity contribution < 1.29 is 14.5 Å². The van der Waals surface area contributed by atoms with Gasteiger partial charge in [-0.05, 0) is 12.1 Å². The van der Waals surface area contributed by atoms with Crippen LogP contribution in [-0.2, 0) is 24.3 Å². The number of fused-ring (bicyclic) bond motifs is 1. The van der Waals surface area contributed by atoms with Crippen molar-refractivity contribution in [3.63, 3.8) is 0 Å². The Kier molecular flexibility index (Phi) is 4.77. The molecule has 9 heteroatoms. The van der Waals surface area contributed by atoms with Gasteiger partial charge in [0.25, 0.3) is 11.6 Å².